The molecule has 6 nitrogen and oxygen atoms in total. The van der Waals surface area contributed by atoms with Gasteiger partial charge in [0.2, 0.25) is 5.91 Å². The van der Waals surface area contributed by atoms with Crippen LogP contribution in [0.5, 0.6) is 0 Å². The number of amides is 2. The highest BCUT2D eigenvalue weighted by Gasteiger charge is 2.23. The zero-order valence-corrected chi connectivity index (χ0v) is 14.2. The number of hydrazine groups is 1. The number of hydrogen-bond donors (Lipinski definition) is 2. The van der Waals surface area contributed by atoms with Crippen LogP contribution in [-0.4, -0.2) is 29.5 Å². The molecule has 1 aromatic heterocycles. The number of ether oxygens (including phenoxy) is 1. The van der Waals surface area contributed by atoms with Crippen LogP contribution in [0, 0.1) is 0 Å². The van der Waals surface area contributed by atoms with Crippen LogP contribution in [0.3, 0.4) is 0 Å². The number of unbranched alkanes of at least 4 members (excludes halogenated alkanes) is 1. The number of benzene rings is 1. The van der Waals surface area contributed by atoms with Gasteiger partial charge in [0.1, 0.15) is 6.10 Å². The van der Waals surface area contributed by atoms with E-state index in [0.717, 1.165) is 36.2 Å². The molecule has 2 heterocycles. The van der Waals surface area contributed by atoms with Crippen LogP contribution >= 0.6 is 11.3 Å². The Bertz CT molecular complexity index is 677. The largest absolute Gasteiger partial charge is 0.368 e. The van der Waals surface area contributed by atoms with Gasteiger partial charge >= 0.3 is 0 Å². The summed E-state index contributed by atoms with van der Waals surface area (Å²) >= 11 is 1.70. The Kier molecular flexibility index (Phi) is 5.77. The van der Waals surface area contributed by atoms with Gasteiger partial charge in [0.05, 0.1) is 15.2 Å². The first kappa shape index (κ1) is 16.9. The summed E-state index contributed by atoms with van der Waals surface area (Å²) in [6, 6.07) is 8.08. The highest BCUT2D eigenvalue weighted by molar-refractivity contribution is 7.18. The van der Waals surface area contributed by atoms with E-state index in [1.165, 1.54) is 4.70 Å². The van der Waals surface area contributed by atoms with Crippen LogP contribution in [0.4, 0.5) is 0 Å². The molecular weight excluding hydrogens is 326 g/mol. The van der Waals surface area contributed by atoms with Crippen molar-refractivity contribution in [2.75, 3.05) is 6.61 Å². The number of fused-ring (bicyclic) bond motifs is 1. The standard InChI is InChI=1S/C17H21N3O3S/c21-15(19-20-17(22)13-7-5-11-23-13)9-3-4-10-16-18-12-6-1-2-8-14(12)24-16/h1-2,6,8,13H,3-5,7,9-11H2,(H,19,21)(H,20,22). The van der Waals surface area contributed by atoms with Gasteiger partial charge in [0.15, 0.2) is 0 Å². The number of thiazole rings is 1. The third kappa shape index (κ3) is 4.52. The first-order chi connectivity index (χ1) is 11.7. The summed E-state index contributed by atoms with van der Waals surface area (Å²) in [5.41, 5.74) is 5.91. The first-order valence-electron chi connectivity index (χ1n) is 8.27. The summed E-state index contributed by atoms with van der Waals surface area (Å²) in [4.78, 5) is 28.0. The molecule has 128 valence electrons. The molecule has 1 aliphatic heterocycles. The summed E-state index contributed by atoms with van der Waals surface area (Å²) in [6.45, 7) is 0.609. The minimum atomic E-state index is -0.427. The maximum absolute atomic E-state index is 11.7. The van der Waals surface area contributed by atoms with E-state index < -0.39 is 6.10 Å². The van der Waals surface area contributed by atoms with Crippen LogP contribution in [0.2, 0.25) is 0 Å². The fourth-order valence-electron chi connectivity index (χ4n) is 2.65. The first-order valence-corrected chi connectivity index (χ1v) is 9.09. The summed E-state index contributed by atoms with van der Waals surface area (Å²) in [5, 5.41) is 1.10. The molecule has 2 N–H and O–H groups in total. The lowest BCUT2D eigenvalue weighted by Crippen LogP contribution is -2.46. The molecule has 24 heavy (non-hydrogen) atoms. The van der Waals surface area contributed by atoms with Crippen molar-refractivity contribution < 1.29 is 14.3 Å². The predicted molar refractivity (Wildman–Crippen MR) is 92.4 cm³/mol. The van der Waals surface area contributed by atoms with E-state index in [1.54, 1.807) is 11.3 Å². The fraction of sp³-hybridized carbons (Fsp3) is 0.471. The predicted octanol–water partition coefficient (Wildman–Crippen LogP) is 2.34. The van der Waals surface area contributed by atoms with Gasteiger partial charge in [-0.2, -0.15) is 0 Å². The van der Waals surface area contributed by atoms with E-state index in [9.17, 15) is 9.59 Å². The number of nitrogens with zero attached hydrogens (tertiary/aromatic N) is 1. The molecule has 0 aliphatic carbocycles. The monoisotopic (exact) mass is 347 g/mol. The second kappa shape index (κ2) is 8.21. The van der Waals surface area contributed by atoms with Crippen molar-refractivity contribution in [3.05, 3.63) is 29.3 Å². The van der Waals surface area contributed by atoms with Gasteiger partial charge in [-0.25, -0.2) is 4.98 Å². The zero-order valence-electron chi connectivity index (χ0n) is 13.4. The lowest BCUT2D eigenvalue weighted by Gasteiger charge is -2.11. The van der Waals surface area contributed by atoms with Gasteiger partial charge in [-0.05, 0) is 44.2 Å². The van der Waals surface area contributed by atoms with E-state index in [4.69, 9.17) is 4.74 Å². The maximum atomic E-state index is 11.7. The number of aromatic nitrogens is 1. The Hall–Kier alpha value is -1.99. The molecule has 0 bridgehead atoms. The normalized spacial score (nSPS) is 17.1. The summed E-state index contributed by atoms with van der Waals surface area (Å²) in [6.07, 6.45) is 4.09. The molecule has 1 fully saturated rings. The Morgan fingerprint density at radius 3 is 2.92 bits per heavy atom. The molecule has 1 unspecified atom stereocenters. The summed E-state index contributed by atoms with van der Waals surface area (Å²) in [7, 11) is 0. The minimum absolute atomic E-state index is 0.175. The molecule has 3 rings (SSSR count). The number of carbonyl (C=O) groups is 2. The van der Waals surface area contributed by atoms with E-state index in [0.29, 0.717) is 19.4 Å². The lowest BCUT2D eigenvalue weighted by atomic mass is 10.2. The van der Waals surface area contributed by atoms with Gasteiger partial charge in [-0.1, -0.05) is 12.1 Å². The van der Waals surface area contributed by atoms with Crippen molar-refractivity contribution in [3.63, 3.8) is 0 Å². The van der Waals surface area contributed by atoms with Crippen LogP contribution in [0.25, 0.3) is 10.2 Å². The molecule has 7 heteroatoms. The van der Waals surface area contributed by atoms with Gasteiger partial charge in [-0.3, -0.25) is 20.4 Å². The molecule has 2 aromatic rings. The average molecular weight is 347 g/mol. The van der Waals surface area contributed by atoms with Crippen LogP contribution in [-0.2, 0) is 20.7 Å². The van der Waals surface area contributed by atoms with Crippen molar-refractivity contribution in [2.45, 2.75) is 44.6 Å². The van der Waals surface area contributed by atoms with Crippen molar-refractivity contribution in [3.8, 4) is 0 Å². The smallest absolute Gasteiger partial charge is 0.267 e. The van der Waals surface area contributed by atoms with E-state index >= 15 is 0 Å². The number of nitrogens with one attached hydrogen (secondary N) is 2. The summed E-state index contributed by atoms with van der Waals surface area (Å²) < 4.78 is 6.45. The fourth-order valence-corrected chi connectivity index (χ4v) is 3.66. The van der Waals surface area contributed by atoms with E-state index in [-0.39, 0.29) is 11.8 Å². The number of hydrogen-bond acceptors (Lipinski definition) is 5. The SMILES string of the molecule is O=C(CCCCc1nc2ccccc2s1)NNC(=O)C1CCCO1. The molecule has 1 atom stereocenters. The lowest BCUT2D eigenvalue weighted by molar-refractivity contribution is -0.134. The second-order valence-corrected chi connectivity index (χ2v) is 6.94. The minimum Gasteiger partial charge on any atom is -0.368 e. The molecule has 0 spiro atoms. The van der Waals surface area contributed by atoms with Crippen LogP contribution < -0.4 is 10.9 Å². The van der Waals surface area contributed by atoms with Crippen LogP contribution in [0.1, 0.15) is 37.1 Å². The quantitative estimate of drug-likeness (QED) is 0.621. The second-order valence-electron chi connectivity index (χ2n) is 5.82. The molecule has 0 saturated carbocycles. The van der Waals surface area contributed by atoms with E-state index in [2.05, 4.69) is 21.9 Å². The Morgan fingerprint density at radius 2 is 2.12 bits per heavy atom. The topological polar surface area (TPSA) is 80.3 Å². The van der Waals surface area contributed by atoms with Crippen molar-refractivity contribution in [2.24, 2.45) is 0 Å². The summed E-state index contributed by atoms with van der Waals surface area (Å²) in [5.74, 6) is -0.444. The van der Waals surface area contributed by atoms with Gasteiger partial charge in [0.25, 0.3) is 5.91 Å². The number of aryl methyl sites for hydroxylation is 1. The number of carbonyl (C=O) groups excluding carboxylic acids is 2. The molecule has 1 saturated heterocycles. The molecule has 0 radical (unpaired) electrons. The molecule has 1 aromatic carbocycles. The van der Waals surface area contributed by atoms with Gasteiger partial charge in [-0.15, -0.1) is 11.3 Å². The zero-order chi connectivity index (χ0) is 16.8. The molecule has 2 amide bonds. The Labute approximate surface area is 144 Å². The van der Waals surface area contributed by atoms with Crippen LogP contribution in [0.15, 0.2) is 24.3 Å². The molecule has 1 aliphatic rings. The van der Waals surface area contributed by atoms with Crippen molar-refractivity contribution in [1.29, 1.82) is 0 Å². The van der Waals surface area contributed by atoms with Crippen molar-refractivity contribution >= 4 is 33.4 Å². The number of para-hydroxylation sites is 1. The number of rotatable bonds is 6. The average Bonchev–Trinajstić information content (AvgIpc) is 3.25. The highest BCUT2D eigenvalue weighted by Crippen LogP contribution is 2.22. The Balaban J connectivity index is 1.32. The highest BCUT2D eigenvalue weighted by atomic mass is 32.1. The maximum Gasteiger partial charge on any atom is 0.267 e. The van der Waals surface area contributed by atoms with Crippen molar-refractivity contribution in [1.82, 2.24) is 15.8 Å². The third-order valence-corrected chi connectivity index (χ3v) is 5.03. The van der Waals surface area contributed by atoms with Gasteiger partial charge in [0, 0.05) is 13.0 Å². The van der Waals surface area contributed by atoms with E-state index in [1.807, 2.05) is 18.2 Å². The molecular formula is C17H21N3O3S. The van der Waals surface area contributed by atoms with Gasteiger partial charge < -0.3 is 4.74 Å². The Morgan fingerprint density at radius 1 is 1.25 bits per heavy atom. The third-order valence-electron chi connectivity index (χ3n) is 3.93.